The van der Waals surface area contributed by atoms with Crippen LogP contribution in [0.5, 0.6) is 5.88 Å². The second-order valence-corrected chi connectivity index (χ2v) is 6.96. The highest BCUT2D eigenvalue weighted by Gasteiger charge is 2.30. The van der Waals surface area contributed by atoms with E-state index < -0.39 is 0 Å². The lowest BCUT2D eigenvalue weighted by molar-refractivity contribution is 0.0998. The van der Waals surface area contributed by atoms with Crippen LogP contribution in [0.15, 0.2) is 70.6 Å². The van der Waals surface area contributed by atoms with Gasteiger partial charge in [0.05, 0.1) is 7.11 Å². The first-order chi connectivity index (χ1) is 13.2. The summed E-state index contributed by atoms with van der Waals surface area (Å²) in [6.45, 7) is 0.561. The highest BCUT2D eigenvalue weighted by Crippen LogP contribution is 2.34. The molecule has 1 aliphatic heterocycles. The Kier molecular flexibility index (Phi) is 4.68. The van der Waals surface area contributed by atoms with Crippen molar-refractivity contribution in [2.75, 3.05) is 17.8 Å². The van der Waals surface area contributed by atoms with Crippen molar-refractivity contribution < 1.29 is 9.53 Å². The zero-order valence-electron chi connectivity index (χ0n) is 14.7. The number of hydrogen-bond acceptors (Lipinski definition) is 5. The van der Waals surface area contributed by atoms with Crippen molar-refractivity contribution in [1.29, 1.82) is 0 Å². The molecule has 3 aromatic rings. The molecule has 2 heterocycles. The first kappa shape index (κ1) is 17.4. The fourth-order valence-electron chi connectivity index (χ4n) is 3.01. The van der Waals surface area contributed by atoms with E-state index in [4.69, 9.17) is 4.74 Å². The minimum absolute atomic E-state index is 0.129. The number of nitrogens with zero attached hydrogens (tertiary/aromatic N) is 3. The molecular weight excluding hydrogens is 362 g/mol. The Hall–Kier alpha value is -3.06. The van der Waals surface area contributed by atoms with Gasteiger partial charge in [0.25, 0.3) is 11.5 Å². The number of anilines is 2. The number of benzene rings is 2. The van der Waals surface area contributed by atoms with Crippen molar-refractivity contribution in [2.45, 2.75) is 11.7 Å². The molecule has 0 bridgehead atoms. The van der Waals surface area contributed by atoms with Crippen molar-refractivity contribution in [1.82, 2.24) is 9.55 Å². The molecule has 1 amide bonds. The van der Waals surface area contributed by atoms with Crippen LogP contribution < -0.4 is 15.2 Å². The second kappa shape index (κ2) is 7.28. The van der Waals surface area contributed by atoms with E-state index in [1.807, 2.05) is 24.3 Å². The molecule has 0 spiro atoms. The minimum atomic E-state index is -0.315. The van der Waals surface area contributed by atoms with Gasteiger partial charge in [-0.2, -0.15) is 4.98 Å². The minimum Gasteiger partial charge on any atom is -0.479 e. The Bertz CT molecular complexity index is 1040. The van der Waals surface area contributed by atoms with Gasteiger partial charge in [-0.05, 0) is 24.3 Å². The third-order valence-electron chi connectivity index (χ3n) is 4.28. The van der Waals surface area contributed by atoms with Gasteiger partial charge in [0.15, 0.2) is 10.8 Å². The highest BCUT2D eigenvalue weighted by atomic mass is 32.2. The predicted molar refractivity (Wildman–Crippen MR) is 105 cm³/mol. The van der Waals surface area contributed by atoms with E-state index in [1.165, 1.54) is 23.8 Å². The largest absolute Gasteiger partial charge is 0.479 e. The average Bonchev–Trinajstić information content (AvgIpc) is 3.20. The number of ether oxygens (including phenoxy) is 1. The molecule has 0 atom stereocenters. The summed E-state index contributed by atoms with van der Waals surface area (Å²) in [5, 5.41) is 0.612. The van der Waals surface area contributed by atoms with Crippen LogP contribution in [0.4, 0.5) is 11.4 Å². The van der Waals surface area contributed by atoms with Crippen molar-refractivity contribution in [3.8, 4) is 5.88 Å². The van der Waals surface area contributed by atoms with Gasteiger partial charge in [0.2, 0.25) is 5.88 Å². The molecule has 0 saturated heterocycles. The van der Waals surface area contributed by atoms with Gasteiger partial charge in [0, 0.05) is 23.5 Å². The molecule has 0 saturated carbocycles. The van der Waals surface area contributed by atoms with E-state index >= 15 is 0 Å². The number of hydrogen-bond donors (Lipinski definition) is 0. The number of aromatic nitrogens is 2. The number of carbonyl (C=O) groups excluding carboxylic acids is 1. The zero-order valence-corrected chi connectivity index (χ0v) is 15.5. The Balaban J connectivity index is 1.95. The van der Waals surface area contributed by atoms with Crippen molar-refractivity contribution in [3.63, 3.8) is 0 Å². The first-order valence-electron chi connectivity index (χ1n) is 8.47. The molecule has 0 unspecified atom stereocenters. The van der Waals surface area contributed by atoms with Crippen LogP contribution in [0.25, 0.3) is 0 Å². The smallest absolute Gasteiger partial charge is 0.282 e. The standard InChI is InChI=1S/C20H17N3O3S/c1-26-17-16(19(25)22-12-13-27-20(22)21-17)23(15-10-6-3-7-11-15)18(24)14-8-4-2-5-9-14/h2-11H,12-13H2,1H3. The van der Waals surface area contributed by atoms with E-state index in [-0.39, 0.29) is 23.0 Å². The van der Waals surface area contributed by atoms with E-state index in [2.05, 4.69) is 4.98 Å². The number of amides is 1. The molecule has 136 valence electrons. The Morgan fingerprint density at radius 3 is 2.44 bits per heavy atom. The normalized spacial score (nSPS) is 12.5. The van der Waals surface area contributed by atoms with Crippen LogP contribution in [0.3, 0.4) is 0 Å². The molecule has 1 aliphatic rings. The van der Waals surface area contributed by atoms with E-state index in [0.717, 1.165) is 5.75 Å². The molecule has 27 heavy (non-hydrogen) atoms. The summed E-state index contributed by atoms with van der Waals surface area (Å²) in [4.78, 5) is 32.4. The Morgan fingerprint density at radius 2 is 1.78 bits per heavy atom. The molecule has 6 nitrogen and oxygen atoms in total. The molecular formula is C20H17N3O3S. The third kappa shape index (κ3) is 3.10. The number of rotatable bonds is 4. The van der Waals surface area contributed by atoms with Crippen molar-refractivity contribution in [2.24, 2.45) is 0 Å². The number of para-hydroxylation sites is 1. The molecule has 1 aromatic heterocycles. The van der Waals surface area contributed by atoms with Crippen LogP contribution in [-0.4, -0.2) is 28.3 Å². The monoisotopic (exact) mass is 379 g/mol. The molecule has 2 aromatic carbocycles. The van der Waals surface area contributed by atoms with Gasteiger partial charge < -0.3 is 4.74 Å². The van der Waals surface area contributed by atoms with Crippen LogP contribution >= 0.6 is 11.8 Å². The van der Waals surface area contributed by atoms with E-state index in [1.54, 1.807) is 41.0 Å². The maximum Gasteiger partial charge on any atom is 0.282 e. The van der Waals surface area contributed by atoms with Gasteiger partial charge in [0.1, 0.15) is 0 Å². The summed E-state index contributed by atoms with van der Waals surface area (Å²) in [7, 11) is 1.46. The van der Waals surface area contributed by atoms with E-state index in [9.17, 15) is 9.59 Å². The second-order valence-electron chi connectivity index (χ2n) is 5.90. The number of thioether (sulfide) groups is 1. The summed E-state index contributed by atoms with van der Waals surface area (Å²) < 4.78 is 7.00. The lowest BCUT2D eigenvalue weighted by Gasteiger charge is -2.24. The SMILES string of the molecule is COc1nc2n(c(=O)c1N(C(=O)c1ccccc1)c1ccccc1)CCS2. The van der Waals surface area contributed by atoms with Crippen molar-refractivity contribution >= 4 is 29.0 Å². The number of carbonyl (C=O) groups is 1. The lowest BCUT2D eigenvalue weighted by Crippen LogP contribution is -2.34. The quantitative estimate of drug-likeness (QED) is 0.651. The molecule has 0 aliphatic carbocycles. The van der Waals surface area contributed by atoms with E-state index in [0.29, 0.717) is 23.0 Å². The topological polar surface area (TPSA) is 64.4 Å². The van der Waals surface area contributed by atoms with Gasteiger partial charge in [-0.15, -0.1) is 0 Å². The molecule has 0 radical (unpaired) electrons. The zero-order chi connectivity index (χ0) is 18.8. The Labute approximate surface area is 160 Å². The molecule has 0 fully saturated rings. The van der Waals surface area contributed by atoms with Crippen molar-refractivity contribution in [3.05, 3.63) is 76.6 Å². The van der Waals surface area contributed by atoms with Gasteiger partial charge in [-0.25, -0.2) is 0 Å². The van der Waals surface area contributed by atoms with Gasteiger partial charge in [-0.1, -0.05) is 48.2 Å². The van der Waals surface area contributed by atoms with Gasteiger partial charge in [-0.3, -0.25) is 19.1 Å². The van der Waals surface area contributed by atoms with Crippen LogP contribution in [-0.2, 0) is 6.54 Å². The highest BCUT2D eigenvalue weighted by molar-refractivity contribution is 7.99. The maximum atomic E-state index is 13.4. The average molecular weight is 379 g/mol. The molecule has 0 N–H and O–H groups in total. The Morgan fingerprint density at radius 1 is 1.11 bits per heavy atom. The summed E-state index contributed by atoms with van der Waals surface area (Å²) in [6, 6.07) is 17.9. The fourth-order valence-corrected chi connectivity index (χ4v) is 3.94. The summed E-state index contributed by atoms with van der Waals surface area (Å²) in [5.41, 5.74) is 0.899. The molecule has 4 rings (SSSR count). The first-order valence-corrected chi connectivity index (χ1v) is 9.45. The summed E-state index contributed by atoms with van der Waals surface area (Å²) in [6.07, 6.45) is 0. The summed E-state index contributed by atoms with van der Waals surface area (Å²) in [5.74, 6) is 0.603. The lowest BCUT2D eigenvalue weighted by atomic mass is 10.1. The summed E-state index contributed by atoms with van der Waals surface area (Å²) >= 11 is 1.50. The van der Waals surface area contributed by atoms with Crippen LogP contribution in [0.2, 0.25) is 0 Å². The fraction of sp³-hybridized carbons (Fsp3) is 0.150. The maximum absolute atomic E-state index is 13.4. The predicted octanol–water partition coefficient (Wildman–Crippen LogP) is 3.34. The number of fused-ring (bicyclic) bond motifs is 1. The van der Waals surface area contributed by atoms with Crippen LogP contribution in [0, 0.1) is 0 Å². The van der Waals surface area contributed by atoms with Crippen LogP contribution in [0.1, 0.15) is 10.4 Å². The van der Waals surface area contributed by atoms with Gasteiger partial charge >= 0.3 is 0 Å². The third-order valence-corrected chi connectivity index (χ3v) is 5.24. The number of methoxy groups -OCH3 is 1. The molecule has 7 heteroatoms.